The molecule has 128 valence electrons. The molecule has 0 aromatic heterocycles. The van der Waals surface area contributed by atoms with E-state index < -0.39 is 6.10 Å². The third-order valence-electron chi connectivity index (χ3n) is 4.06. The van der Waals surface area contributed by atoms with Gasteiger partial charge in [0, 0.05) is 12.6 Å². The summed E-state index contributed by atoms with van der Waals surface area (Å²) >= 11 is 0. The number of ether oxygens (including phenoxy) is 2. The molecule has 3 rings (SSSR count). The standard InChI is InChI=1S/C21H21NO3/c1-15(25-19-11-6-10-18(13-19)24-2)21(23)22-14-17-9-5-8-16-7-3-4-12-20(16)17/h3-13,15H,14H2,1-2H3,(H,22,23)/t15-/m0/s1. The molecular weight excluding hydrogens is 314 g/mol. The monoisotopic (exact) mass is 335 g/mol. The summed E-state index contributed by atoms with van der Waals surface area (Å²) < 4.78 is 10.9. The van der Waals surface area contributed by atoms with Crippen LogP contribution in [0.1, 0.15) is 12.5 Å². The maximum atomic E-state index is 12.3. The van der Waals surface area contributed by atoms with E-state index in [4.69, 9.17) is 9.47 Å². The van der Waals surface area contributed by atoms with Gasteiger partial charge in [-0.15, -0.1) is 0 Å². The number of hydrogen-bond donors (Lipinski definition) is 1. The van der Waals surface area contributed by atoms with E-state index in [0.717, 1.165) is 16.3 Å². The minimum absolute atomic E-state index is 0.157. The van der Waals surface area contributed by atoms with Crippen molar-refractivity contribution in [1.29, 1.82) is 0 Å². The minimum atomic E-state index is -0.595. The first-order valence-corrected chi connectivity index (χ1v) is 8.22. The second-order valence-corrected chi connectivity index (χ2v) is 5.80. The number of rotatable bonds is 6. The Labute approximate surface area is 147 Å². The van der Waals surface area contributed by atoms with Crippen molar-refractivity contribution in [3.8, 4) is 11.5 Å². The molecule has 0 saturated carbocycles. The third kappa shape index (κ3) is 4.10. The molecule has 0 unspecified atom stereocenters. The molecule has 0 saturated heterocycles. The number of carbonyl (C=O) groups is 1. The Morgan fingerprint density at radius 2 is 1.72 bits per heavy atom. The van der Waals surface area contributed by atoms with Gasteiger partial charge in [-0.3, -0.25) is 4.79 Å². The van der Waals surface area contributed by atoms with Gasteiger partial charge in [-0.2, -0.15) is 0 Å². The molecule has 0 aliphatic carbocycles. The number of hydrogen-bond acceptors (Lipinski definition) is 3. The topological polar surface area (TPSA) is 47.6 Å². The number of amides is 1. The van der Waals surface area contributed by atoms with Crippen LogP contribution in [-0.4, -0.2) is 19.1 Å². The first kappa shape index (κ1) is 16.8. The quantitative estimate of drug-likeness (QED) is 0.742. The van der Waals surface area contributed by atoms with Gasteiger partial charge in [0.15, 0.2) is 6.10 Å². The van der Waals surface area contributed by atoms with Crippen LogP contribution in [0.5, 0.6) is 11.5 Å². The van der Waals surface area contributed by atoms with Crippen LogP contribution in [-0.2, 0) is 11.3 Å². The van der Waals surface area contributed by atoms with Gasteiger partial charge in [-0.1, -0.05) is 48.5 Å². The number of nitrogens with one attached hydrogen (secondary N) is 1. The number of carbonyl (C=O) groups excluding carboxylic acids is 1. The molecule has 3 aromatic rings. The van der Waals surface area contributed by atoms with E-state index in [1.54, 1.807) is 26.2 Å². The predicted molar refractivity (Wildman–Crippen MR) is 98.9 cm³/mol. The normalized spacial score (nSPS) is 11.8. The molecular formula is C21H21NO3. The minimum Gasteiger partial charge on any atom is -0.497 e. The van der Waals surface area contributed by atoms with Crippen LogP contribution in [0.4, 0.5) is 0 Å². The van der Waals surface area contributed by atoms with Crippen molar-refractivity contribution in [2.45, 2.75) is 19.6 Å². The average molecular weight is 335 g/mol. The Balaban J connectivity index is 1.63. The first-order valence-electron chi connectivity index (χ1n) is 8.22. The van der Waals surface area contributed by atoms with Crippen LogP contribution < -0.4 is 14.8 Å². The van der Waals surface area contributed by atoms with Crippen LogP contribution in [0.15, 0.2) is 66.7 Å². The van der Waals surface area contributed by atoms with Crippen molar-refractivity contribution < 1.29 is 14.3 Å². The first-order chi connectivity index (χ1) is 12.2. The van der Waals surface area contributed by atoms with Gasteiger partial charge >= 0.3 is 0 Å². The Morgan fingerprint density at radius 1 is 1.00 bits per heavy atom. The second-order valence-electron chi connectivity index (χ2n) is 5.80. The van der Waals surface area contributed by atoms with E-state index in [9.17, 15) is 4.79 Å². The van der Waals surface area contributed by atoms with Crippen LogP contribution >= 0.6 is 0 Å². The molecule has 0 heterocycles. The lowest BCUT2D eigenvalue weighted by atomic mass is 10.0. The molecule has 4 nitrogen and oxygen atoms in total. The Hall–Kier alpha value is -3.01. The Morgan fingerprint density at radius 3 is 2.56 bits per heavy atom. The number of fused-ring (bicyclic) bond motifs is 1. The lowest BCUT2D eigenvalue weighted by Gasteiger charge is -2.16. The van der Waals surface area contributed by atoms with E-state index in [0.29, 0.717) is 18.0 Å². The zero-order valence-electron chi connectivity index (χ0n) is 14.4. The van der Waals surface area contributed by atoms with Gasteiger partial charge in [-0.25, -0.2) is 0 Å². The molecule has 3 aromatic carbocycles. The van der Waals surface area contributed by atoms with Crippen molar-refractivity contribution in [3.63, 3.8) is 0 Å². The maximum absolute atomic E-state index is 12.3. The van der Waals surface area contributed by atoms with E-state index in [2.05, 4.69) is 23.5 Å². The number of methoxy groups -OCH3 is 1. The van der Waals surface area contributed by atoms with Crippen LogP contribution in [0, 0.1) is 0 Å². The highest BCUT2D eigenvalue weighted by molar-refractivity contribution is 5.86. The molecule has 0 aliphatic rings. The fourth-order valence-electron chi connectivity index (χ4n) is 2.70. The summed E-state index contributed by atoms with van der Waals surface area (Å²) in [5.74, 6) is 1.14. The summed E-state index contributed by atoms with van der Waals surface area (Å²) in [6.45, 7) is 2.20. The predicted octanol–water partition coefficient (Wildman–Crippen LogP) is 3.93. The second kappa shape index (κ2) is 7.71. The Kier molecular flexibility index (Phi) is 5.19. The molecule has 1 amide bonds. The molecule has 1 N–H and O–H groups in total. The SMILES string of the molecule is COc1cccc(O[C@@H](C)C(=O)NCc2cccc3ccccc23)c1. The molecule has 1 atom stereocenters. The smallest absolute Gasteiger partial charge is 0.261 e. The van der Waals surface area contributed by atoms with Crippen molar-refractivity contribution >= 4 is 16.7 Å². The molecule has 0 spiro atoms. The molecule has 0 radical (unpaired) electrons. The fraction of sp³-hybridized carbons (Fsp3) is 0.190. The molecule has 0 bridgehead atoms. The summed E-state index contributed by atoms with van der Waals surface area (Å²) in [7, 11) is 1.60. The molecule has 0 aliphatic heterocycles. The van der Waals surface area contributed by atoms with Crippen molar-refractivity contribution in [2.75, 3.05) is 7.11 Å². The molecule has 0 fully saturated rings. The van der Waals surface area contributed by atoms with E-state index in [1.165, 1.54) is 0 Å². The van der Waals surface area contributed by atoms with Gasteiger partial charge in [-0.05, 0) is 35.4 Å². The van der Waals surface area contributed by atoms with Crippen LogP contribution in [0.3, 0.4) is 0 Å². The summed E-state index contributed by atoms with van der Waals surface area (Å²) in [6.07, 6.45) is -0.595. The van der Waals surface area contributed by atoms with Crippen LogP contribution in [0.25, 0.3) is 10.8 Å². The van der Waals surface area contributed by atoms with Gasteiger partial charge in [0.25, 0.3) is 5.91 Å². The number of benzene rings is 3. The molecule has 25 heavy (non-hydrogen) atoms. The third-order valence-corrected chi connectivity index (χ3v) is 4.06. The van der Waals surface area contributed by atoms with Gasteiger partial charge < -0.3 is 14.8 Å². The van der Waals surface area contributed by atoms with E-state index in [-0.39, 0.29) is 5.91 Å². The summed E-state index contributed by atoms with van der Waals surface area (Å²) in [5, 5.41) is 5.25. The van der Waals surface area contributed by atoms with E-state index >= 15 is 0 Å². The van der Waals surface area contributed by atoms with Crippen molar-refractivity contribution in [2.24, 2.45) is 0 Å². The zero-order valence-corrected chi connectivity index (χ0v) is 14.4. The maximum Gasteiger partial charge on any atom is 0.261 e. The van der Waals surface area contributed by atoms with Gasteiger partial charge in [0.05, 0.1) is 7.11 Å². The highest BCUT2D eigenvalue weighted by atomic mass is 16.5. The lowest BCUT2D eigenvalue weighted by molar-refractivity contribution is -0.127. The highest BCUT2D eigenvalue weighted by Crippen LogP contribution is 2.20. The highest BCUT2D eigenvalue weighted by Gasteiger charge is 2.15. The van der Waals surface area contributed by atoms with Crippen molar-refractivity contribution in [3.05, 3.63) is 72.3 Å². The summed E-state index contributed by atoms with van der Waals surface area (Å²) in [5.41, 5.74) is 1.08. The molecule has 4 heteroatoms. The average Bonchev–Trinajstić information content (AvgIpc) is 2.66. The van der Waals surface area contributed by atoms with E-state index in [1.807, 2.05) is 36.4 Å². The zero-order chi connectivity index (χ0) is 17.6. The largest absolute Gasteiger partial charge is 0.497 e. The Bertz CT molecular complexity index is 870. The van der Waals surface area contributed by atoms with Gasteiger partial charge in [0.1, 0.15) is 11.5 Å². The van der Waals surface area contributed by atoms with Crippen LogP contribution in [0.2, 0.25) is 0 Å². The van der Waals surface area contributed by atoms with Gasteiger partial charge in [0.2, 0.25) is 0 Å². The lowest BCUT2D eigenvalue weighted by Crippen LogP contribution is -2.35. The fourth-order valence-corrected chi connectivity index (χ4v) is 2.70. The van der Waals surface area contributed by atoms with Crippen molar-refractivity contribution in [1.82, 2.24) is 5.32 Å². The summed E-state index contributed by atoms with van der Waals surface area (Å²) in [6, 6.07) is 21.4. The summed E-state index contributed by atoms with van der Waals surface area (Å²) in [4.78, 5) is 12.3.